The van der Waals surface area contributed by atoms with Gasteiger partial charge in [-0.15, -0.1) is 0 Å². The van der Waals surface area contributed by atoms with Crippen molar-refractivity contribution in [2.24, 2.45) is 5.92 Å². The Morgan fingerprint density at radius 3 is 2.70 bits per heavy atom. The number of rotatable bonds is 4. The lowest BCUT2D eigenvalue weighted by atomic mass is 9.84. The van der Waals surface area contributed by atoms with Gasteiger partial charge in [-0.2, -0.15) is 0 Å². The van der Waals surface area contributed by atoms with E-state index < -0.39 is 0 Å². The van der Waals surface area contributed by atoms with Crippen molar-refractivity contribution in [1.82, 2.24) is 10.3 Å². The van der Waals surface area contributed by atoms with E-state index in [1.54, 1.807) is 0 Å². The third-order valence-electron chi connectivity index (χ3n) is 4.72. The highest BCUT2D eigenvalue weighted by atomic mass is 14.9. The summed E-state index contributed by atoms with van der Waals surface area (Å²) in [7, 11) is 0. The van der Waals surface area contributed by atoms with Crippen LogP contribution in [0.4, 0.5) is 0 Å². The van der Waals surface area contributed by atoms with Crippen LogP contribution in [0, 0.1) is 5.92 Å². The van der Waals surface area contributed by atoms with Gasteiger partial charge in [0.25, 0.3) is 0 Å². The van der Waals surface area contributed by atoms with Crippen molar-refractivity contribution in [3.8, 4) is 0 Å². The van der Waals surface area contributed by atoms with E-state index in [0.717, 1.165) is 18.0 Å². The molecular weight excluding hydrogens is 244 g/mol. The number of hydrogen-bond donors (Lipinski definition) is 1. The minimum Gasteiger partial charge on any atom is -0.310 e. The molecule has 1 aromatic heterocycles. The third-order valence-corrected chi connectivity index (χ3v) is 4.72. The molecule has 106 valence electrons. The molecule has 1 aromatic carbocycles. The topological polar surface area (TPSA) is 24.9 Å². The zero-order valence-corrected chi connectivity index (χ0v) is 12.3. The van der Waals surface area contributed by atoms with E-state index in [2.05, 4.69) is 41.5 Å². The summed E-state index contributed by atoms with van der Waals surface area (Å²) in [5.41, 5.74) is 2.46. The molecule has 2 nitrogen and oxygen atoms in total. The molecule has 0 aliphatic heterocycles. The Morgan fingerprint density at radius 1 is 1.10 bits per heavy atom. The number of aromatic nitrogens is 1. The number of pyridine rings is 1. The predicted octanol–water partition coefficient (Wildman–Crippen LogP) is 4.29. The maximum Gasteiger partial charge on any atom is 0.0746 e. The van der Waals surface area contributed by atoms with E-state index in [0.29, 0.717) is 6.04 Å². The van der Waals surface area contributed by atoms with Crippen LogP contribution in [-0.2, 0) is 6.54 Å². The van der Waals surface area contributed by atoms with Crippen molar-refractivity contribution in [2.75, 3.05) is 0 Å². The summed E-state index contributed by atoms with van der Waals surface area (Å²) in [5.74, 6) is 0.965. The monoisotopic (exact) mass is 268 g/mol. The zero-order chi connectivity index (χ0) is 13.8. The first-order chi connectivity index (χ1) is 9.86. The molecule has 1 heterocycles. The van der Waals surface area contributed by atoms with Crippen molar-refractivity contribution in [1.29, 1.82) is 0 Å². The standard InChI is InChI=1S/C18H24N2/c1-2-14-8-10-17(11-9-14)20-13-16-6-3-5-15-7-4-12-19-18(15)16/h3-7,12,14,17,20H,2,8-11,13H2,1H3. The van der Waals surface area contributed by atoms with E-state index in [1.807, 2.05) is 12.3 Å². The molecule has 0 atom stereocenters. The highest BCUT2D eigenvalue weighted by molar-refractivity contribution is 5.81. The molecule has 0 radical (unpaired) electrons. The fourth-order valence-electron chi connectivity index (χ4n) is 3.34. The van der Waals surface area contributed by atoms with Crippen LogP contribution in [0.1, 0.15) is 44.6 Å². The highest BCUT2D eigenvalue weighted by Crippen LogP contribution is 2.26. The van der Waals surface area contributed by atoms with Crippen molar-refractivity contribution >= 4 is 10.9 Å². The molecule has 20 heavy (non-hydrogen) atoms. The van der Waals surface area contributed by atoms with Gasteiger partial charge < -0.3 is 5.32 Å². The molecule has 3 rings (SSSR count). The van der Waals surface area contributed by atoms with Crippen LogP contribution in [-0.4, -0.2) is 11.0 Å². The van der Waals surface area contributed by atoms with Crippen LogP contribution in [0.5, 0.6) is 0 Å². The molecule has 2 heteroatoms. The Morgan fingerprint density at radius 2 is 1.90 bits per heavy atom. The average Bonchev–Trinajstić information content (AvgIpc) is 2.53. The SMILES string of the molecule is CCC1CCC(NCc2cccc3cccnc23)CC1. The molecule has 1 aliphatic carbocycles. The number of nitrogens with one attached hydrogen (secondary N) is 1. The molecule has 0 amide bonds. The Labute approximate surface area is 121 Å². The Kier molecular flexibility index (Phi) is 4.31. The Bertz CT molecular complexity index is 551. The number of fused-ring (bicyclic) bond motifs is 1. The Hall–Kier alpha value is -1.41. The number of para-hydroxylation sites is 1. The van der Waals surface area contributed by atoms with E-state index in [1.165, 1.54) is 43.1 Å². The van der Waals surface area contributed by atoms with Gasteiger partial charge in [0, 0.05) is 24.2 Å². The van der Waals surface area contributed by atoms with Crippen molar-refractivity contribution in [3.63, 3.8) is 0 Å². The van der Waals surface area contributed by atoms with E-state index in [-0.39, 0.29) is 0 Å². The maximum atomic E-state index is 4.53. The van der Waals surface area contributed by atoms with E-state index >= 15 is 0 Å². The largest absolute Gasteiger partial charge is 0.310 e. The van der Waals surface area contributed by atoms with Crippen molar-refractivity contribution in [3.05, 3.63) is 42.1 Å². The molecular formula is C18H24N2. The first kappa shape index (κ1) is 13.6. The fourth-order valence-corrected chi connectivity index (χ4v) is 3.34. The van der Waals surface area contributed by atoms with Gasteiger partial charge in [-0.25, -0.2) is 0 Å². The van der Waals surface area contributed by atoms with Gasteiger partial charge in [0.2, 0.25) is 0 Å². The van der Waals surface area contributed by atoms with Gasteiger partial charge in [-0.3, -0.25) is 4.98 Å². The van der Waals surface area contributed by atoms with Gasteiger partial charge in [0.15, 0.2) is 0 Å². The molecule has 1 N–H and O–H groups in total. The minimum absolute atomic E-state index is 0.691. The minimum atomic E-state index is 0.691. The summed E-state index contributed by atoms with van der Waals surface area (Å²) >= 11 is 0. The van der Waals surface area contributed by atoms with Crippen LogP contribution in [0.3, 0.4) is 0 Å². The summed E-state index contributed by atoms with van der Waals surface area (Å²) in [6.07, 6.45) is 8.68. The van der Waals surface area contributed by atoms with E-state index in [4.69, 9.17) is 0 Å². The lowest BCUT2D eigenvalue weighted by Crippen LogP contribution is -2.32. The predicted molar refractivity (Wildman–Crippen MR) is 84.6 cm³/mol. The van der Waals surface area contributed by atoms with Gasteiger partial charge in [0.05, 0.1) is 5.52 Å². The molecule has 0 saturated heterocycles. The summed E-state index contributed by atoms with van der Waals surface area (Å²) in [5, 5.41) is 4.97. The second-order valence-corrected chi connectivity index (χ2v) is 6.00. The van der Waals surface area contributed by atoms with Crippen molar-refractivity contribution < 1.29 is 0 Å². The first-order valence-electron chi connectivity index (χ1n) is 7.93. The second-order valence-electron chi connectivity index (χ2n) is 6.00. The quantitative estimate of drug-likeness (QED) is 0.894. The van der Waals surface area contributed by atoms with E-state index in [9.17, 15) is 0 Å². The highest BCUT2D eigenvalue weighted by Gasteiger charge is 2.19. The lowest BCUT2D eigenvalue weighted by molar-refractivity contribution is 0.285. The molecule has 1 fully saturated rings. The van der Waals surface area contributed by atoms with Crippen LogP contribution >= 0.6 is 0 Å². The smallest absolute Gasteiger partial charge is 0.0746 e. The molecule has 0 spiro atoms. The normalized spacial score (nSPS) is 23.1. The molecule has 1 saturated carbocycles. The summed E-state index contributed by atoms with van der Waals surface area (Å²) in [4.78, 5) is 4.53. The molecule has 2 aromatic rings. The lowest BCUT2D eigenvalue weighted by Gasteiger charge is -2.28. The fraction of sp³-hybridized carbons (Fsp3) is 0.500. The average molecular weight is 268 g/mol. The zero-order valence-electron chi connectivity index (χ0n) is 12.3. The van der Waals surface area contributed by atoms with Gasteiger partial charge in [-0.05, 0) is 43.2 Å². The molecule has 0 bridgehead atoms. The van der Waals surface area contributed by atoms with Crippen LogP contribution in [0.25, 0.3) is 10.9 Å². The number of nitrogens with zero attached hydrogens (tertiary/aromatic N) is 1. The van der Waals surface area contributed by atoms with Gasteiger partial charge in [-0.1, -0.05) is 37.6 Å². The van der Waals surface area contributed by atoms with Crippen molar-refractivity contribution in [2.45, 2.75) is 51.6 Å². The summed E-state index contributed by atoms with van der Waals surface area (Å²) < 4.78 is 0. The van der Waals surface area contributed by atoms with Crippen LogP contribution in [0.2, 0.25) is 0 Å². The first-order valence-corrected chi connectivity index (χ1v) is 7.93. The summed E-state index contributed by atoms with van der Waals surface area (Å²) in [6.45, 7) is 3.26. The summed E-state index contributed by atoms with van der Waals surface area (Å²) in [6, 6.07) is 11.3. The second kappa shape index (κ2) is 6.36. The van der Waals surface area contributed by atoms with Crippen LogP contribution < -0.4 is 5.32 Å². The number of hydrogen-bond acceptors (Lipinski definition) is 2. The number of benzene rings is 1. The van der Waals surface area contributed by atoms with Gasteiger partial charge >= 0.3 is 0 Å². The van der Waals surface area contributed by atoms with Crippen LogP contribution in [0.15, 0.2) is 36.5 Å². The maximum absolute atomic E-state index is 4.53. The van der Waals surface area contributed by atoms with Gasteiger partial charge in [0.1, 0.15) is 0 Å². The Balaban J connectivity index is 1.63. The molecule has 0 unspecified atom stereocenters. The molecule has 1 aliphatic rings. The third kappa shape index (κ3) is 3.01.